The van der Waals surface area contributed by atoms with Crippen LogP contribution in [0.15, 0.2) is 48.5 Å². The van der Waals surface area contributed by atoms with Crippen molar-refractivity contribution < 1.29 is 9.47 Å². The highest BCUT2D eigenvalue weighted by atomic mass is 16.5. The zero-order valence-corrected chi connectivity index (χ0v) is 15.0. The summed E-state index contributed by atoms with van der Waals surface area (Å²) in [5.74, 6) is 2.42. The molecule has 2 aromatic rings. The van der Waals surface area contributed by atoms with Gasteiger partial charge >= 0.3 is 0 Å². The monoisotopic (exact) mass is 327 g/mol. The van der Waals surface area contributed by atoms with E-state index in [0.29, 0.717) is 12.5 Å². The number of para-hydroxylation sites is 1. The molecular weight excluding hydrogens is 298 g/mol. The first-order chi connectivity index (χ1) is 11.7. The molecular formula is C21H29NO2. The summed E-state index contributed by atoms with van der Waals surface area (Å²) < 4.78 is 11.6. The Morgan fingerprint density at radius 3 is 2.58 bits per heavy atom. The Balaban J connectivity index is 1.83. The average Bonchev–Trinajstić information content (AvgIpc) is 2.63. The summed E-state index contributed by atoms with van der Waals surface area (Å²) in [5, 5.41) is 3.39. The van der Waals surface area contributed by atoms with E-state index in [1.165, 1.54) is 5.56 Å². The van der Waals surface area contributed by atoms with E-state index in [4.69, 9.17) is 9.47 Å². The van der Waals surface area contributed by atoms with Crippen molar-refractivity contribution in [3.8, 4) is 11.5 Å². The second-order valence-electron chi connectivity index (χ2n) is 6.00. The van der Waals surface area contributed by atoms with Gasteiger partial charge in [-0.2, -0.15) is 0 Å². The molecule has 24 heavy (non-hydrogen) atoms. The number of rotatable bonds is 10. The Labute approximate surface area is 146 Å². The lowest BCUT2D eigenvalue weighted by Crippen LogP contribution is -2.12. The summed E-state index contributed by atoms with van der Waals surface area (Å²) >= 11 is 0. The third-order valence-corrected chi connectivity index (χ3v) is 4.06. The summed E-state index contributed by atoms with van der Waals surface area (Å²) in [6.07, 6.45) is 2.13. The lowest BCUT2D eigenvalue weighted by atomic mass is 9.98. The lowest BCUT2D eigenvalue weighted by molar-refractivity contribution is 0.317. The van der Waals surface area contributed by atoms with Gasteiger partial charge in [-0.15, -0.1) is 0 Å². The van der Waals surface area contributed by atoms with Crippen LogP contribution in [0, 0.1) is 0 Å². The number of hydrogen-bond donors (Lipinski definition) is 1. The van der Waals surface area contributed by atoms with E-state index in [0.717, 1.165) is 43.2 Å². The van der Waals surface area contributed by atoms with Gasteiger partial charge < -0.3 is 14.8 Å². The molecule has 2 rings (SSSR count). The predicted molar refractivity (Wildman–Crippen MR) is 101 cm³/mol. The SMILES string of the molecule is CCCOc1cccc(NCCOc2ccccc2C(C)CC)c1. The van der Waals surface area contributed by atoms with E-state index in [2.05, 4.69) is 44.3 Å². The van der Waals surface area contributed by atoms with Gasteiger partial charge in [0.25, 0.3) is 0 Å². The molecule has 0 fully saturated rings. The van der Waals surface area contributed by atoms with Crippen LogP contribution in [0.25, 0.3) is 0 Å². The topological polar surface area (TPSA) is 30.5 Å². The molecule has 0 aliphatic heterocycles. The molecule has 1 N–H and O–H groups in total. The maximum atomic E-state index is 5.98. The average molecular weight is 327 g/mol. The molecule has 0 radical (unpaired) electrons. The van der Waals surface area contributed by atoms with Crippen molar-refractivity contribution in [1.29, 1.82) is 0 Å². The third kappa shape index (κ3) is 5.48. The van der Waals surface area contributed by atoms with Crippen LogP contribution in [0.1, 0.15) is 45.1 Å². The van der Waals surface area contributed by atoms with E-state index in [1.54, 1.807) is 0 Å². The Morgan fingerprint density at radius 2 is 1.79 bits per heavy atom. The highest BCUT2D eigenvalue weighted by Gasteiger charge is 2.09. The van der Waals surface area contributed by atoms with Crippen LogP contribution in [-0.2, 0) is 0 Å². The van der Waals surface area contributed by atoms with Gasteiger partial charge in [0.1, 0.15) is 18.1 Å². The molecule has 0 aromatic heterocycles. The van der Waals surface area contributed by atoms with Crippen molar-refractivity contribution in [2.24, 2.45) is 0 Å². The highest BCUT2D eigenvalue weighted by molar-refractivity contribution is 5.48. The number of hydrogen-bond acceptors (Lipinski definition) is 3. The maximum absolute atomic E-state index is 5.98. The molecule has 1 atom stereocenters. The minimum Gasteiger partial charge on any atom is -0.494 e. The largest absolute Gasteiger partial charge is 0.494 e. The fourth-order valence-corrected chi connectivity index (χ4v) is 2.51. The van der Waals surface area contributed by atoms with Gasteiger partial charge in [-0.3, -0.25) is 0 Å². The highest BCUT2D eigenvalue weighted by Crippen LogP contribution is 2.28. The van der Waals surface area contributed by atoms with Gasteiger partial charge in [-0.25, -0.2) is 0 Å². The van der Waals surface area contributed by atoms with Crippen LogP contribution in [0.5, 0.6) is 11.5 Å². The molecule has 1 unspecified atom stereocenters. The molecule has 0 saturated carbocycles. The standard InChI is InChI=1S/C21H29NO2/c1-4-14-23-19-10-8-9-18(16-19)22-13-15-24-21-12-7-6-11-20(21)17(3)5-2/h6-12,16-17,22H,4-5,13-15H2,1-3H3. The Kier molecular flexibility index (Phi) is 7.47. The van der Waals surface area contributed by atoms with Gasteiger partial charge in [-0.1, -0.05) is 45.0 Å². The van der Waals surface area contributed by atoms with Crippen molar-refractivity contribution in [2.75, 3.05) is 25.1 Å². The first kappa shape index (κ1) is 18.2. The fourth-order valence-electron chi connectivity index (χ4n) is 2.51. The first-order valence-electron chi connectivity index (χ1n) is 8.93. The van der Waals surface area contributed by atoms with E-state index >= 15 is 0 Å². The van der Waals surface area contributed by atoms with Crippen LogP contribution in [0.2, 0.25) is 0 Å². The molecule has 3 heteroatoms. The molecule has 0 bridgehead atoms. The summed E-state index contributed by atoms with van der Waals surface area (Å²) in [6.45, 7) is 8.69. The molecule has 130 valence electrons. The summed E-state index contributed by atoms with van der Waals surface area (Å²) in [6, 6.07) is 16.4. The van der Waals surface area contributed by atoms with Crippen molar-refractivity contribution in [2.45, 2.75) is 39.5 Å². The number of anilines is 1. The Morgan fingerprint density at radius 1 is 0.958 bits per heavy atom. The van der Waals surface area contributed by atoms with E-state index in [-0.39, 0.29) is 0 Å². The molecule has 0 spiro atoms. The molecule has 0 amide bonds. The minimum atomic E-state index is 0.515. The van der Waals surface area contributed by atoms with Gasteiger partial charge in [0, 0.05) is 18.3 Å². The summed E-state index contributed by atoms with van der Waals surface area (Å²) in [4.78, 5) is 0. The molecule has 3 nitrogen and oxygen atoms in total. The zero-order chi connectivity index (χ0) is 17.2. The molecule has 0 heterocycles. The summed E-state index contributed by atoms with van der Waals surface area (Å²) in [5.41, 5.74) is 2.34. The number of ether oxygens (including phenoxy) is 2. The third-order valence-electron chi connectivity index (χ3n) is 4.06. The van der Waals surface area contributed by atoms with Gasteiger partial charge in [0.2, 0.25) is 0 Å². The Hall–Kier alpha value is -2.16. The zero-order valence-electron chi connectivity index (χ0n) is 15.0. The first-order valence-corrected chi connectivity index (χ1v) is 8.93. The van der Waals surface area contributed by atoms with Crippen molar-refractivity contribution in [3.05, 3.63) is 54.1 Å². The van der Waals surface area contributed by atoms with Crippen LogP contribution < -0.4 is 14.8 Å². The molecule has 0 aliphatic carbocycles. The predicted octanol–water partition coefficient (Wildman–Crippen LogP) is 5.48. The second kappa shape index (κ2) is 9.86. The van der Waals surface area contributed by atoms with Gasteiger partial charge in [0.05, 0.1) is 6.61 Å². The normalized spacial score (nSPS) is 11.8. The van der Waals surface area contributed by atoms with E-state index in [1.807, 2.05) is 30.3 Å². The second-order valence-corrected chi connectivity index (χ2v) is 6.00. The van der Waals surface area contributed by atoms with Crippen molar-refractivity contribution >= 4 is 5.69 Å². The van der Waals surface area contributed by atoms with Crippen LogP contribution >= 0.6 is 0 Å². The van der Waals surface area contributed by atoms with E-state index < -0.39 is 0 Å². The summed E-state index contributed by atoms with van der Waals surface area (Å²) in [7, 11) is 0. The van der Waals surface area contributed by atoms with Crippen LogP contribution in [0.3, 0.4) is 0 Å². The van der Waals surface area contributed by atoms with Crippen molar-refractivity contribution in [1.82, 2.24) is 0 Å². The fraction of sp³-hybridized carbons (Fsp3) is 0.429. The number of nitrogens with one attached hydrogen (secondary N) is 1. The number of benzene rings is 2. The lowest BCUT2D eigenvalue weighted by Gasteiger charge is -2.16. The quantitative estimate of drug-likeness (QED) is 0.586. The van der Waals surface area contributed by atoms with Crippen LogP contribution in [-0.4, -0.2) is 19.8 Å². The van der Waals surface area contributed by atoms with Gasteiger partial charge in [0.15, 0.2) is 0 Å². The minimum absolute atomic E-state index is 0.515. The molecule has 2 aromatic carbocycles. The van der Waals surface area contributed by atoms with Crippen LogP contribution in [0.4, 0.5) is 5.69 Å². The maximum Gasteiger partial charge on any atom is 0.122 e. The molecule has 0 saturated heterocycles. The smallest absolute Gasteiger partial charge is 0.122 e. The van der Waals surface area contributed by atoms with E-state index in [9.17, 15) is 0 Å². The van der Waals surface area contributed by atoms with Crippen molar-refractivity contribution in [3.63, 3.8) is 0 Å². The van der Waals surface area contributed by atoms with Gasteiger partial charge in [-0.05, 0) is 42.5 Å². The Bertz CT molecular complexity index is 612. The molecule has 0 aliphatic rings.